The number of rotatable bonds is 5. The molecule has 1 fully saturated rings. The molecule has 0 aromatic carbocycles. The molecule has 0 bridgehead atoms. The summed E-state index contributed by atoms with van der Waals surface area (Å²) in [7, 11) is 0. The van der Waals surface area contributed by atoms with Crippen molar-refractivity contribution in [3.8, 4) is 0 Å². The van der Waals surface area contributed by atoms with Crippen LogP contribution in [0, 0.1) is 0 Å². The highest BCUT2D eigenvalue weighted by molar-refractivity contribution is 5.13. The topological polar surface area (TPSA) is 34.2 Å². The molecule has 0 saturated carbocycles. The van der Waals surface area contributed by atoms with Gasteiger partial charge in [-0.2, -0.15) is 0 Å². The van der Waals surface area contributed by atoms with Gasteiger partial charge in [-0.25, -0.2) is 0 Å². The van der Waals surface area contributed by atoms with Crippen LogP contribution in [0.25, 0.3) is 0 Å². The Morgan fingerprint density at radius 1 is 1.56 bits per heavy atom. The zero-order valence-electron chi connectivity index (χ0n) is 11.4. The Labute approximate surface area is 110 Å². The molecule has 1 N–H and O–H groups in total. The highest BCUT2D eigenvalue weighted by Crippen LogP contribution is 2.21. The van der Waals surface area contributed by atoms with Crippen LogP contribution in [0.3, 0.4) is 0 Å². The maximum atomic E-state index is 5.78. The number of nitrogens with one attached hydrogen (secondary N) is 1. The Morgan fingerprint density at radius 3 is 3.17 bits per heavy atom. The Bertz CT molecular complexity index is 340. The van der Waals surface area contributed by atoms with Crippen molar-refractivity contribution in [2.75, 3.05) is 6.61 Å². The van der Waals surface area contributed by atoms with Crippen molar-refractivity contribution < 1.29 is 4.74 Å². The third kappa shape index (κ3) is 3.79. The molecule has 1 saturated heterocycles. The quantitative estimate of drug-likeness (QED) is 0.869. The highest BCUT2D eigenvalue weighted by Gasteiger charge is 2.23. The Balaban J connectivity index is 1.85. The summed E-state index contributed by atoms with van der Waals surface area (Å²) < 4.78 is 5.78. The van der Waals surface area contributed by atoms with Crippen molar-refractivity contribution >= 4 is 0 Å². The predicted molar refractivity (Wildman–Crippen MR) is 73.5 cm³/mol. The molecule has 2 rings (SSSR count). The molecule has 0 amide bonds. The molecule has 3 heteroatoms. The molecule has 0 aliphatic carbocycles. The first-order chi connectivity index (χ1) is 8.79. The molecule has 2 heterocycles. The lowest BCUT2D eigenvalue weighted by atomic mass is 9.98. The van der Waals surface area contributed by atoms with Gasteiger partial charge in [0, 0.05) is 31.1 Å². The van der Waals surface area contributed by atoms with Crippen molar-refractivity contribution in [3.63, 3.8) is 0 Å². The van der Waals surface area contributed by atoms with E-state index in [1.807, 2.05) is 18.5 Å². The monoisotopic (exact) mass is 248 g/mol. The molecule has 100 valence electrons. The van der Waals surface area contributed by atoms with Crippen molar-refractivity contribution in [1.82, 2.24) is 10.3 Å². The molecule has 1 aliphatic heterocycles. The van der Waals surface area contributed by atoms with E-state index < -0.39 is 0 Å². The predicted octanol–water partition coefficient (Wildman–Crippen LogP) is 3.08. The van der Waals surface area contributed by atoms with Crippen molar-refractivity contribution in [1.29, 1.82) is 0 Å². The van der Waals surface area contributed by atoms with Crippen LogP contribution in [0.5, 0.6) is 0 Å². The summed E-state index contributed by atoms with van der Waals surface area (Å²) in [6, 6.07) is 5.07. The first kappa shape index (κ1) is 13.5. The fraction of sp³-hybridized carbons (Fsp3) is 0.667. The standard InChI is InChI=1S/C15H24N2O/c1-3-5-15-10-14(7-9-18-15)17-12(2)13-6-4-8-16-11-13/h4,6,8,11-12,14-15,17H,3,5,7,9-10H2,1-2H3/t12-,14?,15?/m0/s1. The molecule has 1 aliphatic rings. The zero-order chi connectivity index (χ0) is 12.8. The zero-order valence-corrected chi connectivity index (χ0v) is 11.4. The summed E-state index contributed by atoms with van der Waals surface area (Å²) in [4.78, 5) is 4.18. The summed E-state index contributed by atoms with van der Waals surface area (Å²) in [5, 5.41) is 3.70. The van der Waals surface area contributed by atoms with E-state index in [4.69, 9.17) is 4.74 Å². The number of aromatic nitrogens is 1. The largest absolute Gasteiger partial charge is 0.378 e. The van der Waals surface area contributed by atoms with Gasteiger partial charge >= 0.3 is 0 Å². The maximum Gasteiger partial charge on any atom is 0.0589 e. The van der Waals surface area contributed by atoms with Gasteiger partial charge in [-0.15, -0.1) is 0 Å². The third-order valence-electron chi connectivity index (χ3n) is 3.65. The average Bonchev–Trinajstić information content (AvgIpc) is 2.40. The molecule has 1 aromatic rings. The smallest absolute Gasteiger partial charge is 0.0589 e. The van der Waals surface area contributed by atoms with E-state index in [2.05, 4.69) is 30.2 Å². The second-order valence-corrected chi connectivity index (χ2v) is 5.18. The van der Waals surface area contributed by atoms with Gasteiger partial charge in [0.25, 0.3) is 0 Å². The van der Waals surface area contributed by atoms with Crippen molar-refractivity contribution in [3.05, 3.63) is 30.1 Å². The van der Waals surface area contributed by atoms with Crippen molar-refractivity contribution in [2.24, 2.45) is 0 Å². The van der Waals surface area contributed by atoms with E-state index in [9.17, 15) is 0 Å². The molecule has 2 unspecified atom stereocenters. The molecular formula is C15H24N2O. The van der Waals surface area contributed by atoms with Crippen LogP contribution in [-0.4, -0.2) is 23.7 Å². The minimum atomic E-state index is 0.365. The van der Waals surface area contributed by atoms with Crippen LogP contribution in [0.4, 0.5) is 0 Å². The van der Waals surface area contributed by atoms with Gasteiger partial charge in [-0.05, 0) is 37.8 Å². The highest BCUT2D eigenvalue weighted by atomic mass is 16.5. The Morgan fingerprint density at radius 2 is 2.44 bits per heavy atom. The Kier molecular flexibility index (Phi) is 5.14. The second-order valence-electron chi connectivity index (χ2n) is 5.18. The Hall–Kier alpha value is -0.930. The number of nitrogens with zero attached hydrogens (tertiary/aromatic N) is 1. The van der Waals surface area contributed by atoms with Gasteiger partial charge in [-0.1, -0.05) is 19.4 Å². The lowest BCUT2D eigenvalue weighted by molar-refractivity contribution is -0.00473. The molecule has 0 radical (unpaired) electrons. The van der Waals surface area contributed by atoms with E-state index in [1.54, 1.807) is 0 Å². The van der Waals surface area contributed by atoms with Crippen LogP contribution < -0.4 is 5.32 Å². The lowest BCUT2D eigenvalue weighted by Gasteiger charge is -2.32. The average molecular weight is 248 g/mol. The van der Waals surface area contributed by atoms with Gasteiger partial charge in [0.2, 0.25) is 0 Å². The van der Waals surface area contributed by atoms with E-state index in [0.29, 0.717) is 18.2 Å². The first-order valence-electron chi connectivity index (χ1n) is 7.07. The minimum Gasteiger partial charge on any atom is -0.378 e. The molecular weight excluding hydrogens is 224 g/mol. The van der Waals surface area contributed by atoms with E-state index in [-0.39, 0.29) is 0 Å². The van der Waals surface area contributed by atoms with E-state index >= 15 is 0 Å². The third-order valence-corrected chi connectivity index (χ3v) is 3.65. The van der Waals surface area contributed by atoms with Crippen LogP contribution >= 0.6 is 0 Å². The summed E-state index contributed by atoms with van der Waals surface area (Å²) in [6.07, 6.45) is 8.85. The molecule has 1 aromatic heterocycles. The van der Waals surface area contributed by atoms with Crippen LogP contribution in [0.1, 0.15) is 51.1 Å². The SMILES string of the molecule is CCCC1CC(N[C@@H](C)c2cccnc2)CCO1. The van der Waals surface area contributed by atoms with Gasteiger partial charge in [-0.3, -0.25) is 4.98 Å². The molecule has 3 nitrogen and oxygen atoms in total. The van der Waals surface area contributed by atoms with Gasteiger partial charge in [0.15, 0.2) is 0 Å². The number of ether oxygens (including phenoxy) is 1. The minimum absolute atomic E-state index is 0.365. The van der Waals surface area contributed by atoms with Gasteiger partial charge in [0.1, 0.15) is 0 Å². The molecule has 3 atom stereocenters. The van der Waals surface area contributed by atoms with Crippen LogP contribution in [0.15, 0.2) is 24.5 Å². The van der Waals surface area contributed by atoms with Gasteiger partial charge in [0.05, 0.1) is 6.10 Å². The molecule has 18 heavy (non-hydrogen) atoms. The van der Waals surface area contributed by atoms with E-state index in [1.165, 1.54) is 18.4 Å². The normalized spacial score (nSPS) is 25.9. The summed E-state index contributed by atoms with van der Waals surface area (Å²) in [5.74, 6) is 0. The lowest BCUT2D eigenvalue weighted by Crippen LogP contribution is -2.40. The number of hydrogen-bond donors (Lipinski definition) is 1. The second kappa shape index (κ2) is 6.86. The van der Waals surface area contributed by atoms with Crippen LogP contribution in [-0.2, 0) is 4.74 Å². The van der Waals surface area contributed by atoms with Gasteiger partial charge < -0.3 is 10.1 Å². The van der Waals surface area contributed by atoms with E-state index in [0.717, 1.165) is 19.4 Å². The fourth-order valence-corrected chi connectivity index (χ4v) is 2.64. The number of pyridine rings is 1. The fourth-order valence-electron chi connectivity index (χ4n) is 2.64. The van der Waals surface area contributed by atoms with Crippen molar-refractivity contribution in [2.45, 2.75) is 57.7 Å². The number of hydrogen-bond acceptors (Lipinski definition) is 3. The summed E-state index contributed by atoms with van der Waals surface area (Å²) in [6.45, 7) is 5.32. The summed E-state index contributed by atoms with van der Waals surface area (Å²) >= 11 is 0. The molecule has 0 spiro atoms. The first-order valence-corrected chi connectivity index (χ1v) is 7.07. The summed E-state index contributed by atoms with van der Waals surface area (Å²) in [5.41, 5.74) is 1.26. The maximum absolute atomic E-state index is 5.78. The van der Waals surface area contributed by atoms with Crippen LogP contribution in [0.2, 0.25) is 0 Å².